The smallest absolute Gasteiger partial charge is 0.306 e. The van der Waals surface area contributed by atoms with E-state index in [1.165, 1.54) is 0 Å². The molecule has 0 bridgehead atoms. The maximum Gasteiger partial charge on any atom is 0.306 e. The number of hydrogen-bond donors (Lipinski definition) is 1. The molecule has 3 rings (SSSR count). The average molecular weight is 283 g/mol. The molecule has 0 aromatic carbocycles. The Morgan fingerprint density at radius 3 is 3.05 bits per heavy atom. The van der Waals surface area contributed by atoms with Crippen LogP contribution in [0.4, 0.5) is 0 Å². The third kappa shape index (κ3) is 2.63. The molecule has 0 radical (unpaired) electrons. The predicted octanol–water partition coefficient (Wildman–Crippen LogP) is 2.29. The van der Waals surface area contributed by atoms with Gasteiger partial charge >= 0.3 is 5.97 Å². The van der Waals surface area contributed by atoms with Gasteiger partial charge in [0.25, 0.3) is 0 Å². The van der Waals surface area contributed by atoms with Crippen LogP contribution in [0.25, 0.3) is 11.4 Å². The predicted molar refractivity (Wildman–Crippen MR) is 77.8 cm³/mol. The minimum Gasteiger partial charge on any atom is -0.481 e. The number of carboxylic acid groups (broad SMARTS) is 1. The van der Waals surface area contributed by atoms with Crippen molar-refractivity contribution in [2.24, 2.45) is 5.92 Å². The Kier molecular flexibility index (Phi) is 3.64. The standard InChI is InChI=1S/C16H17N3O2/c1-2-10-8-17-6-5-13(10)15-18-9-12-7-11(16(20)21)3-4-14(12)19-15/h5-6,8-9,11H,2-4,7H2,1H3,(H,20,21). The van der Waals surface area contributed by atoms with Gasteiger partial charge < -0.3 is 5.11 Å². The molecule has 5 heteroatoms. The number of aliphatic carboxylic acids is 1. The minimum absolute atomic E-state index is 0.306. The van der Waals surface area contributed by atoms with Crippen molar-refractivity contribution in [3.63, 3.8) is 0 Å². The van der Waals surface area contributed by atoms with Gasteiger partial charge in [0, 0.05) is 29.8 Å². The molecule has 2 aromatic heterocycles. The first-order valence-electron chi connectivity index (χ1n) is 7.20. The van der Waals surface area contributed by atoms with Gasteiger partial charge in [-0.2, -0.15) is 0 Å². The van der Waals surface area contributed by atoms with Crippen molar-refractivity contribution in [1.82, 2.24) is 15.0 Å². The molecule has 2 heterocycles. The van der Waals surface area contributed by atoms with Crippen LogP contribution in [0.2, 0.25) is 0 Å². The molecule has 0 aliphatic heterocycles. The van der Waals surface area contributed by atoms with Crippen molar-refractivity contribution in [3.05, 3.63) is 41.5 Å². The van der Waals surface area contributed by atoms with Gasteiger partial charge in [0.1, 0.15) is 0 Å². The Bertz CT molecular complexity index is 685. The lowest BCUT2D eigenvalue weighted by atomic mass is 9.87. The third-order valence-corrected chi connectivity index (χ3v) is 4.02. The molecule has 1 unspecified atom stereocenters. The molecule has 0 saturated carbocycles. The van der Waals surface area contributed by atoms with Gasteiger partial charge in [-0.05, 0) is 42.9 Å². The molecule has 0 fully saturated rings. The van der Waals surface area contributed by atoms with Gasteiger partial charge in [0.15, 0.2) is 5.82 Å². The van der Waals surface area contributed by atoms with Crippen LogP contribution in [-0.4, -0.2) is 26.0 Å². The quantitative estimate of drug-likeness (QED) is 0.935. The van der Waals surface area contributed by atoms with Crippen LogP contribution in [0.3, 0.4) is 0 Å². The molecule has 1 aliphatic carbocycles. The van der Waals surface area contributed by atoms with Crippen LogP contribution in [-0.2, 0) is 24.1 Å². The molecular weight excluding hydrogens is 266 g/mol. The first-order chi connectivity index (χ1) is 10.2. The molecular formula is C16H17N3O2. The van der Waals surface area contributed by atoms with E-state index >= 15 is 0 Å². The first-order valence-corrected chi connectivity index (χ1v) is 7.20. The van der Waals surface area contributed by atoms with Crippen molar-refractivity contribution in [1.29, 1.82) is 0 Å². The fraction of sp³-hybridized carbons (Fsp3) is 0.375. The molecule has 21 heavy (non-hydrogen) atoms. The second kappa shape index (κ2) is 5.60. The summed E-state index contributed by atoms with van der Waals surface area (Å²) >= 11 is 0. The highest BCUT2D eigenvalue weighted by atomic mass is 16.4. The van der Waals surface area contributed by atoms with Crippen molar-refractivity contribution in [2.45, 2.75) is 32.6 Å². The van der Waals surface area contributed by atoms with E-state index in [9.17, 15) is 4.79 Å². The Morgan fingerprint density at radius 1 is 1.43 bits per heavy atom. The van der Waals surface area contributed by atoms with Gasteiger partial charge in [-0.15, -0.1) is 0 Å². The lowest BCUT2D eigenvalue weighted by molar-refractivity contribution is -0.142. The zero-order chi connectivity index (χ0) is 14.8. The van der Waals surface area contributed by atoms with E-state index in [0.29, 0.717) is 25.1 Å². The Balaban J connectivity index is 1.96. The van der Waals surface area contributed by atoms with Crippen LogP contribution in [0, 0.1) is 5.92 Å². The number of nitrogens with zero attached hydrogens (tertiary/aromatic N) is 3. The van der Waals surface area contributed by atoms with Gasteiger partial charge in [0.05, 0.1) is 5.92 Å². The van der Waals surface area contributed by atoms with Crippen LogP contribution < -0.4 is 0 Å². The second-order valence-electron chi connectivity index (χ2n) is 5.33. The summed E-state index contributed by atoms with van der Waals surface area (Å²) < 4.78 is 0. The lowest BCUT2D eigenvalue weighted by Crippen LogP contribution is -2.23. The number of fused-ring (bicyclic) bond motifs is 1. The SMILES string of the molecule is CCc1cnccc1-c1ncc2c(n1)CCC(C(=O)O)C2. The van der Waals surface area contributed by atoms with E-state index in [0.717, 1.165) is 28.8 Å². The van der Waals surface area contributed by atoms with Gasteiger partial charge in [-0.25, -0.2) is 9.97 Å². The molecule has 108 valence electrons. The molecule has 1 aliphatic rings. The molecule has 5 nitrogen and oxygen atoms in total. The highest BCUT2D eigenvalue weighted by Gasteiger charge is 2.25. The van der Waals surface area contributed by atoms with Gasteiger partial charge in [-0.3, -0.25) is 9.78 Å². The summed E-state index contributed by atoms with van der Waals surface area (Å²) in [5.41, 5.74) is 4.08. The van der Waals surface area contributed by atoms with Crippen molar-refractivity contribution >= 4 is 5.97 Å². The molecule has 0 saturated heterocycles. The summed E-state index contributed by atoms with van der Waals surface area (Å²) in [4.78, 5) is 24.3. The summed E-state index contributed by atoms with van der Waals surface area (Å²) in [6.45, 7) is 2.08. The molecule has 1 atom stereocenters. The van der Waals surface area contributed by atoms with E-state index < -0.39 is 5.97 Å². The first kappa shape index (κ1) is 13.7. The molecule has 1 N–H and O–H groups in total. The largest absolute Gasteiger partial charge is 0.481 e. The molecule has 0 spiro atoms. The van der Waals surface area contributed by atoms with Gasteiger partial charge in [-0.1, -0.05) is 6.92 Å². The zero-order valence-electron chi connectivity index (χ0n) is 11.9. The van der Waals surface area contributed by atoms with Crippen molar-refractivity contribution in [2.75, 3.05) is 0 Å². The Hall–Kier alpha value is -2.30. The van der Waals surface area contributed by atoms with E-state index in [2.05, 4.69) is 21.9 Å². The number of aromatic nitrogens is 3. The summed E-state index contributed by atoms with van der Waals surface area (Å²) in [6.07, 6.45) is 8.14. The summed E-state index contributed by atoms with van der Waals surface area (Å²) in [5, 5.41) is 9.12. The van der Waals surface area contributed by atoms with Crippen LogP contribution in [0.5, 0.6) is 0 Å². The van der Waals surface area contributed by atoms with Crippen LogP contribution >= 0.6 is 0 Å². The van der Waals surface area contributed by atoms with Crippen LogP contribution in [0.1, 0.15) is 30.2 Å². The number of carboxylic acids is 1. The summed E-state index contributed by atoms with van der Waals surface area (Å²) in [5.74, 6) is -0.326. The summed E-state index contributed by atoms with van der Waals surface area (Å²) in [6, 6.07) is 1.93. The van der Waals surface area contributed by atoms with E-state index in [-0.39, 0.29) is 5.92 Å². The number of hydrogen-bond acceptors (Lipinski definition) is 4. The minimum atomic E-state index is -0.730. The maximum absolute atomic E-state index is 11.1. The average Bonchev–Trinajstić information content (AvgIpc) is 2.53. The van der Waals surface area contributed by atoms with Crippen molar-refractivity contribution in [3.8, 4) is 11.4 Å². The topological polar surface area (TPSA) is 76.0 Å². The molecule has 0 amide bonds. The van der Waals surface area contributed by atoms with E-state index in [4.69, 9.17) is 5.11 Å². The van der Waals surface area contributed by atoms with E-state index in [1.54, 1.807) is 12.4 Å². The molecule has 2 aromatic rings. The zero-order valence-corrected chi connectivity index (χ0v) is 11.9. The van der Waals surface area contributed by atoms with Gasteiger partial charge in [0.2, 0.25) is 0 Å². The number of carbonyl (C=O) groups is 1. The number of aryl methyl sites for hydroxylation is 2. The Morgan fingerprint density at radius 2 is 2.29 bits per heavy atom. The third-order valence-electron chi connectivity index (χ3n) is 4.02. The van der Waals surface area contributed by atoms with E-state index in [1.807, 2.05) is 12.3 Å². The normalized spacial score (nSPS) is 17.3. The highest BCUT2D eigenvalue weighted by Crippen LogP contribution is 2.27. The fourth-order valence-electron chi connectivity index (χ4n) is 2.78. The van der Waals surface area contributed by atoms with Crippen molar-refractivity contribution < 1.29 is 9.90 Å². The number of rotatable bonds is 3. The monoisotopic (exact) mass is 283 g/mol. The number of pyridine rings is 1. The second-order valence-corrected chi connectivity index (χ2v) is 5.33. The fourth-order valence-corrected chi connectivity index (χ4v) is 2.78. The summed E-state index contributed by atoms with van der Waals surface area (Å²) in [7, 11) is 0. The maximum atomic E-state index is 11.1. The Labute approximate surface area is 123 Å². The lowest BCUT2D eigenvalue weighted by Gasteiger charge is -2.20. The highest BCUT2D eigenvalue weighted by molar-refractivity contribution is 5.71. The van der Waals surface area contributed by atoms with Crippen LogP contribution in [0.15, 0.2) is 24.7 Å².